The van der Waals surface area contributed by atoms with E-state index in [9.17, 15) is 9.59 Å². The van der Waals surface area contributed by atoms with Crippen LogP contribution in [0.15, 0.2) is 54.6 Å². The molecule has 7 nitrogen and oxygen atoms in total. The van der Waals surface area contributed by atoms with E-state index in [-0.39, 0.29) is 18.4 Å². The molecule has 2 saturated heterocycles. The van der Waals surface area contributed by atoms with E-state index in [1.165, 1.54) is 12.1 Å². The number of carbonyl (C=O) groups is 2. The van der Waals surface area contributed by atoms with Crippen LogP contribution in [0.25, 0.3) is 0 Å². The number of piperazine rings is 1. The van der Waals surface area contributed by atoms with Crippen LogP contribution in [0.3, 0.4) is 0 Å². The number of amides is 2. The molecular formula is C26H32N4O3. The summed E-state index contributed by atoms with van der Waals surface area (Å²) >= 11 is 0. The fraction of sp³-hybridized carbons (Fsp3) is 0.462. The monoisotopic (exact) mass is 448 g/mol. The number of hydrogen-bond donors (Lipinski definition) is 0. The molecule has 174 valence electrons. The van der Waals surface area contributed by atoms with Crippen LogP contribution in [0.4, 0.5) is 11.4 Å². The largest absolute Gasteiger partial charge is 0.477 e. The maximum Gasteiger partial charge on any atom is 0.265 e. The average Bonchev–Trinajstić information content (AvgIpc) is 2.89. The third-order valence-corrected chi connectivity index (χ3v) is 6.88. The highest BCUT2D eigenvalue weighted by Crippen LogP contribution is 2.33. The molecule has 33 heavy (non-hydrogen) atoms. The first-order chi connectivity index (χ1) is 16.2. The van der Waals surface area contributed by atoms with Gasteiger partial charge in [-0.2, -0.15) is 0 Å². The van der Waals surface area contributed by atoms with Crippen LogP contribution in [0.2, 0.25) is 0 Å². The van der Waals surface area contributed by atoms with E-state index in [4.69, 9.17) is 4.74 Å². The van der Waals surface area contributed by atoms with Crippen molar-refractivity contribution in [2.24, 2.45) is 0 Å². The predicted molar refractivity (Wildman–Crippen MR) is 129 cm³/mol. The molecule has 2 aromatic carbocycles. The minimum Gasteiger partial charge on any atom is -0.477 e. The van der Waals surface area contributed by atoms with Crippen molar-refractivity contribution < 1.29 is 14.3 Å². The lowest BCUT2D eigenvalue weighted by Gasteiger charge is -2.40. The van der Waals surface area contributed by atoms with E-state index in [0.29, 0.717) is 25.4 Å². The van der Waals surface area contributed by atoms with Gasteiger partial charge in [-0.1, -0.05) is 30.3 Å². The number of piperidine rings is 1. The Balaban J connectivity index is 1.24. The SMILES string of the molecule is O=C(CN1CC(C(=O)N2CCCCC2)Oc2ccccc21)N1CCN(c2ccccc2)CC1. The van der Waals surface area contributed by atoms with E-state index in [0.717, 1.165) is 44.7 Å². The van der Waals surface area contributed by atoms with Crippen molar-refractivity contribution >= 4 is 23.2 Å². The Bertz CT molecular complexity index is 969. The summed E-state index contributed by atoms with van der Waals surface area (Å²) in [6.45, 7) is 5.32. The Hall–Kier alpha value is -3.22. The molecular weight excluding hydrogens is 416 g/mol. The smallest absolute Gasteiger partial charge is 0.265 e. The highest BCUT2D eigenvalue weighted by molar-refractivity contribution is 5.86. The zero-order chi connectivity index (χ0) is 22.6. The molecule has 0 N–H and O–H groups in total. The summed E-state index contributed by atoms with van der Waals surface area (Å²) < 4.78 is 6.10. The summed E-state index contributed by atoms with van der Waals surface area (Å²) in [5.41, 5.74) is 2.09. The molecule has 1 atom stereocenters. The number of hydrogen-bond acceptors (Lipinski definition) is 5. The van der Waals surface area contributed by atoms with Crippen LogP contribution < -0.4 is 14.5 Å². The van der Waals surface area contributed by atoms with Gasteiger partial charge in [0.25, 0.3) is 5.91 Å². The number of anilines is 2. The molecule has 5 rings (SSSR count). The molecule has 0 saturated carbocycles. The Morgan fingerprint density at radius 1 is 0.788 bits per heavy atom. The van der Waals surface area contributed by atoms with Crippen molar-refractivity contribution in [3.8, 4) is 5.75 Å². The Morgan fingerprint density at radius 2 is 1.48 bits per heavy atom. The maximum atomic E-state index is 13.2. The molecule has 3 aliphatic rings. The maximum absolute atomic E-state index is 13.2. The van der Waals surface area contributed by atoms with Gasteiger partial charge in [0.1, 0.15) is 5.75 Å². The standard InChI is InChI=1S/C26H32N4O3/c31-25(28-17-15-27(16-18-28)21-9-3-1-4-10-21)20-30-19-24(26(32)29-13-7-2-8-14-29)33-23-12-6-5-11-22(23)30/h1,3-6,9-12,24H,2,7-8,13-20H2. The van der Waals surface area contributed by atoms with Gasteiger partial charge in [0, 0.05) is 45.0 Å². The fourth-order valence-corrected chi connectivity index (χ4v) is 5.02. The van der Waals surface area contributed by atoms with E-state index in [1.807, 2.05) is 57.2 Å². The topological polar surface area (TPSA) is 56.3 Å². The molecule has 0 bridgehead atoms. The first-order valence-corrected chi connectivity index (χ1v) is 12.1. The third kappa shape index (κ3) is 4.77. The van der Waals surface area contributed by atoms with Gasteiger partial charge >= 0.3 is 0 Å². The summed E-state index contributed by atoms with van der Waals surface area (Å²) in [6.07, 6.45) is 2.70. The zero-order valence-electron chi connectivity index (χ0n) is 19.1. The van der Waals surface area contributed by atoms with Crippen molar-refractivity contribution in [1.29, 1.82) is 0 Å². The molecule has 0 spiro atoms. The number of para-hydroxylation sites is 3. The number of rotatable bonds is 4. The molecule has 0 aliphatic carbocycles. The van der Waals surface area contributed by atoms with E-state index in [2.05, 4.69) is 17.0 Å². The van der Waals surface area contributed by atoms with Crippen LogP contribution in [0.1, 0.15) is 19.3 Å². The quantitative estimate of drug-likeness (QED) is 0.720. The minimum atomic E-state index is -0.569. The number of fused-ring (bicyclic) bond motifs is 1. The second-order valence-electron chi connectivity index (χ2n) is 9.04. The Morgan fingerprint density at radius 3 is 2.24 bits per heavy atom. The van der Waals surface area contributed by atoms with Crippen LogP contribution in [-0.2, 0) is 9.59 Å². The Kier molecular flexibility index (Phi) is 6.37. The van der Waals surface area contributed by atoms with E-state index >= 15 is 0 Å². The minimum absolute atomic E-state index is 0.0399. The second-order valence-corrected chi connectivity index (χ2v) is 9.04. The molecule has 2 aromatic rings. The van der Waals surface area contributed by atoms with Gasteiger partial charge in [-0.25, -0.2) is 0 Å². The highest BCUT2D eigenvalue weighted by atomic mass is 16.5. The Labute approximate surface area is 195 Å². The van der Waals surface area contributed by atoms with E-state index < -0.39 is 6.10 Å². The van der Waals surface area contributed by atoms with Crippen molar-refractivity contribution in [3.05, 3.63) is 54.6 Å². The first-order valence-electron chi connectivity index (χ1n) is 12.1. The molecule has 3 heterocycles. The summed E-state index contributed by atoms with van der Waals surface area (Å²) in [5.74, 6) is 0.822. The van der Waals surface area contributed by atoms with Crippen molar-refractivity contribution in [2.75, 3.05) is 62.2 Å². The molecule has 2 fully saturated rings. The average molecular weight is 449 g/mol. The summed E-state index contributed by atoms with van der Waals surface area (Å²) in [6, 6.07) is 18.1. The molecule has 1 unspecified atom stereocenters. The summed E-state index contributed by atoms with van der Waals surface area (Å²) in [7, 11) is 0. The summed E-state index contributed by atoms with van der Waals surface area (Å²) in [5, 5.41) is 0. The van der Waals surface area contributed by atoms with Gasteiger partial charge in [-0.3, -0.25) is 9.59 Å². The molecule has 0 radical (unpaired) electrons. The third-order valence-electron chi connectivity index (χ3n) is 6.88. The number of carbonyl (C=O) groups excluding carboxylic acids is 2. The van der Waals surface area contributed by atoms with Gasteiger partial charge in [0.15, 0.2) is 6.10 Å². The van der Waals surface area contributed by atoms with E-state index in [1.54, 1.807) is 0 Å². The number of benzene rings is 2. The van der Waals surface area contributed by atoms with Crippen LogP contribution >= 0.6 is 0 Å². The lowest BCUT2D eigenvalue weighted by molar-refractivity contribution is -0.140. The van der Waals surface area contributed by atoms with Gasteiger partial charge in [0.2, 0.25) is 5.91 Å². The van der Waals surface area contributed by atoms with Crippen molar-refractivity contribution in [1.82, 2.24) is 9.80 Å². The number of ether oxygens (including phenoxy) is 1. The van der Waals surface area contributed by atoms with Crippen LogP contribution in [-0.4, -0.2) is 80.1 Å². The van der Waals surface area contributed by atoms with Gasteiger partial charge in [-0.15, -0.1) is 0 Å². The molecule has 7 heteroatoms. The second kappa shape index (κ2) is 9.73. The van der Waals surface area contributed by atoms with Gasteiger partial charge in [-0.05, 0) is 43.5 Å². The lowest BCUT2D eigenvalue weighted by atomic mass is 10.1. The van der Waals surface area contributed by atoms with Crippen molar-refractivity contribution in [2.45, 2.75) is 25.4 Å². The zero-order valence-corrected chi connectivity index (χ0v) is 19.1. The normalized spacial score (nSPS) is 20.8. The predicted octanol–water partition coefficient (Wildman–Crippen LogP) is 2.62. The first kappa shape index (κ1) is 21.6. The lowest BCUT2D eigenvalue weighted by Crippen LogP contribution is -2.55. The van der Waals surface area contributed by atoms with Crippen LogP contribution in [0, 0.1) is 0 Å². The molecule has 3 aliphatic heterocycles. The summed E-state index contributed by atoms with van der Waals surface area (Å²) in [4.78, 5) is 34.6. The van der Waals surface area contributed by atoms with Crippen molar-refractivity contribution in [3.63, 3.8) is 0 Å². The van der Waals surface area contributed by atoms with Gasteiger partial charge in [0.05, 0.1) is 18.8 Å². The fourth-order valence-electron chi connectivity index (χ4n) is 5.02. The number of nitrogens with zero attached hydrogens (tertiary/aromatic N) is 4. The number of likely N-dealkylation sites (tertiary alicyclic amines) is 1. The molecule has 0 aromatic heterocycles. The van der Waals surface area contributed by atoms with Gasteiger partial charge < -0.3 is 24.3 Å². The highest BCUT2D eigenvalue weighted by Gasteiger charge is 2.35. The van der Waals surface area contributed by atoms with Crippen LogP contribution in [0.5, 0.6) is 5.75 Å². The molecule has 2 amide bonds.